The standard InChI is InChI=1S/C54H50N12O2Si/c1-3-15-37(16-4-1)35-57-29-27-55-31-33-67-69(68-34-32-56-28-30-58-36-38-17-5-2-6-18-38)65-51-43-23-11-12-24-44(43)53(65)63-49-41-21-9-10-22-42(41)50(60-49)64-54-46-26-14-13-25-45(46)52(66(54)69)62-48-40-20-8-7-19-39(40)47(59-48)61-51/h1-26,55-58H,27-36H2. The van der Waals surface area contributed by atoms with Crippen LogP contribution in [-0.4, -0.2) is 93.2 Å². The molecule has 4 aliphatic heterocycles. The summed E-state index contributed by atoms with van der Waals surface area (Å²) in [5.74, 6) is 3.46. The van der Waals surface area contributed by atoms with E-state index in [-0.39, 0.29) is 13.2 Å². The Morgan fingerprint density at radius 2 is 0.710 bits per heavy atom. The summed E-state index contributed by atoms with van der Waals surface area (Å²) in [6.07, 6.45) is 0. The third kappa shape index (κ3) is 8.09. The van der Waals surface area contributed by atoms with E-state index >= 15 is 0 Å². The van der Waals surface area contributed by atoms with E-state index in [1.165, 1.54) is 11.1 Å². The van der Waals surface area contributed by atoms with Gasteiger partial charge in [0.05, 0.1) is 13.2 Å². The van der Waals surface area contributed by atoms with Crippen molar-refractivity contribution in [1.29, 1.82) is 0 Å². The molecule has 69 heavy (non-hydrogen) atoms. The number of amidine groups is 4. The maximum atomic E-state index is 7.66. The summed E-state index contributed by atoms with van der Waals surface area (Å²) in [7, 11) is -4.24. The Morgan fingerprint density at radius 3 is 1.14 bits per heavy atom. The molecule has 15 heteroatoms. The smallest absolute Gasteiger partial charge is 0.360 e. The van der Waals surface area contributed by atoms with Gasteiger partial charge >= 0.3 is 8.88 Å². The van der Waals surface area contributed by atoms with Gasteiger partial charge in [-0.1, -0.05) is 158 Å². The number of aromatic nitrogens is 2. The van der Waals surface area contributed by atoms with Crippen molar-refractivity contribution in [1.82, 2.24) is 29.7 Å². The molecule has 0 fully saturated rings. The van der Waals surface area contributed by atoms with Crippen LogP contribution in [0.4, 0.5) is 11.6 Å². The van der Waals surface area contributed by atoms with Gasteiger partial charge in [-0.3, -0.25) is 8.47 Å². The fourth-order valence-electron chi connectivity index (χ4n) is 9.51. The van der Waals surface area contributed by atoms with Crippen molar-refractivity contribution in [2.24, 2.45) is 30.0 Å². The lowest BCUT2D eigenvalue weighted by Crippen LogP contribution is -2.64. The number of rotatable bonds is 18. The van der Waals surface area contributed by atoms with Crippen LogP contribution in [-0.2, 0) is 21.9 Å². The van der Waals surface area contributed by atoms with Gasteiger partial charge in [0.15, 0.2) is 23.3 Å². The third-order valence-electron chi connectivity index (χ3n) is 12.8. The second kappa shape index (κ2) is 19.0. The Labute approximate surface area is 400 Å². The van der Waals surface area contributed by atoms with Crippen molar-refractivity contribution < 1.29 is 8.85 Å². The number of hydrogen-bond acceptors (Lipinski definition) is 12. The highest BCUT2D eigenvalue weighted by atomic mass is 28.4. The number of benzene rings is 6. The molecule has 4 aliphatic rings. The van der Waals surface area contributed by atoms with Gasteiger partial charge in [-0.2, -0.15) is 0 Å². The van der Waals surface area contributed by atoms with E-state index in [2.05, 4.69) is 127 Å². The third-order valence-corrected chi connectivity index (χ3v) is 15.9. The van der Waals surface area contributed by atoms with Gasteiger partial charge in [0, 0.05) is 96.2 Å². The van der Waals surface area contributed by atoms with Crippen molar-refractivity contribution in [3.05, 3.63) is 202 Å². The summed E-state index contributed by atoms with van der Waals surface area (Å²) in [4.78, 5) is 32.6. The summed E-state index contributed by atoms with van der Waals surface area (Å²) in [5, 5.41) is 17.9. The van der Waals surface area contributed by atoms with E-state index in [1.54, 1.807) is 0 Å². The van der Waals surface area contributed by atoms with Gasteiger partial charge in [-0.15, -0.1) is 0 Å². The average Bonchev–Trinajstić information content (AvgIpc) is 4.11. The molecule has 6 bridgehead atoms. The Kier molecular flexibility index (Phi) is 11.8. The fraction of sp³-hybridized carbons (Fsp3) is 0.185. The topological polar surface area (TPSA) is 151 Å². The number of nitrogens with zero attached hydrogens (tertiary/aromatic N) is 8. The Hall–Kier alpha value is -7.34. The van der Waals surface area contributed by atoms with E-state index in [4.69, 9.17) is 38.8 Å². The van der Waals surface area contributed by atoms with Crippen molar-refractivity contribution in [3.63, 3.8) is 0 Å². The Balaban J connectivity index is 1.03. The molecule has 0 unspecified atom stereocenters. The summed E-state index contributed by atoms with van der Waals surface area (Å²) < 4.78 is 19.6. The first-order chi connectivity index (χ1) is 34.2. The van der Waals surface area contributed by atoms with E-state index in [0.717, 1.165) is 83.1 Å². The molecule has 0 atom stereocenters. The first kappa shape index (κ1) is 43.0. The van der Waals surface area contributed by atoms with Crippen molar-refractivity contribution >= 4 is 65.4 Å². The van der Waals surface area contributed by atoms with Crippen molar-refractivity contribution in [2.45, 2.75) is 13.1 Å². The summed E-state index contributed by atoms with van der Waals surface area (Å²) in [5.41, 5.74) is 7.30. The molecule has 0 aliphatic carbocycles. The molecular formula is C54H50N12O2Si. The maximum Gasteiger partial charge on any atom is 0.603 e. The van der Waals surface area contributed by atoms with Crippen molar-refractivity contribution in [3.8, 4) is 0 Å². The molecule has 14 nitrogen and oxygen atoms in total. The quantitative estimate of drug-likeness (QED) is 0.0598. The lowest BCUT2D eigenvalue weighted by molar-refractivity contribution is 0.149. The minimum absolute atomic E-state index is 0.290. The van der Waals surface area contributed by atoms with Crippen molar-refractivity contribution in [2.75, 3.05) is 52.5 Å². The highest BCUT2D eigenvalue weighted by molar-refractivity contribution is 6.66. The van der Waals surface area contributed by atoms with E-state index in [0.29, 0.717) is 59.0 Å². The summed E-state index contributed by atoms with van der Waals surface area (Å²) >= 11 is 0. The highest BCUT2D eigenvalue weighted by Crippen LogP contribution is 2.43. The molecule has 0 radical (unpaired) electrons. The van der Waals surface area contributed by atoms with Crippen LogP contribution in [0.3, 0.4) is 0 Å². The minimum Gasteiger partial charge on any atom is -0.360 e. The van der Waals surface area contributed by atoms with Crippen LogP contribution in [0.15, 0.2) is 188 Å². The van der Waals surface area contributed by atoms with Gasteiger partial charge in [0.1, 0.15) is 22.6 Å². The van der Waals surface area contributed by atoms with Crippen LogP contribution < -0.4 is 32.2 Å². The predicted molar refractivity (Wildman–Crippen MR) is 275 cm³/mol. The fourth-order valence-corrected chi connectivity index (χ4v) is 12.8. The van der Waals surface area contributed by atoms with E-state index in [1.807, 2.05) is 60.7 Å². The molecular weight excluding hydrogens is 877 g/mol. The molecule has 8 aromatic rings. The normalized spacial score (nSPS) is 14.8. The van der Waals surface area contributed by atoms with Gasteiger partial charge in [-0.25, -0.2) is 30.0 Å². The lowest BCUT2D eigenvalue weighted by Gasteiger charge is -2.33. The first-order valence-electron chi connectivity index (χ1n) is 23.7. The molecule has 4 N–H and O–H groups in total. The summed E-state index contributed by atoms with van der Waals surface area (Å²) in [6, 6.07) is 53.8. The Morgan fingerprint density at radius 1 is 0.348 bits per heavy atom. The number of nitrogens with one attached hydrogen (secondary N) is 4. The predicted octanol–water partition coefficient (Wildman–Crippen LogP) is 6.16. The second-order valence-corrected chi connectivity index (χ2v) is 19.8. The van der Waals surface area contributed by atoms with Crippen LogP contribution in [0.25, 0.3) is 21.5 Å². The van der Waals surface area contributed by atoms with Crippen LogP contribution in [0.5, 0.6) is 0 Å². The molecule has 6 aromatic carbocycles. The summed E-state index contributed by atoms with van der Waals surface area (Å²) in [6.45, 7) is 6.30. The molecule has 342 valence electrons. The Bertz CT molecular complexity index is 3270. The zero-order valence-electron chi connectivity index (χ0n) is 38.0. The zero-order chi connectivity index (χ0) is 46.0. The van der Waals surface area contributed by atoms with Crippen LogP contribution in [0, 0.1) is 0 Å². The van der Waals surface area contributed by atoms with E-state index < -0.39 is 8.88 Å². The van der Waals surface area contributed by atoms with Gasteiger partial charge in [-0.05, 0) is 11.1 Å². The SMILES string of the molecule is c1ccc(CNCCNCCO[Si]2(OCCNCCNCc3ccccc3)n3c4c5ccccc5c3N=C3N=C(N=c5c6ccccc6c(n52)=NC2=NC(=N4)c4ccccc42)c2ccccc23)cc1. The first-order valence-corrected chi connectivity index (χ1v) is 25.4. The van der Waals surface area contributed by atoms with Crippen LogP contribution in [0.1, 0.15) is 33.4 Å². The average molecular weight is 927 g/mol. The molecule has 12 rings (SSSR count). The molecule has 0 amide bonds. The number of aliphatic imine (C=N–C) groups is 4. The number of fused-ring (bicyclic) bond motifs is 14. The largest absolute Gasteiger partial charge is 0.603 e. The molecule has 6 heterocycles. The van der Waals surface area contributed by atoms with Gasteiger partial charge in [0.25, 0.3) is 0 Å². The van der Waals surface area contributed by atoms with Gasteiger partial charge in [0.2, 0.25) is 0 Å². The molecule has 0 spiro atoms. The second-order valence-electron chi connectivity index (χ2n) is 17.2. The molecule has 2 aromatic heterocycles. The highest BCUT2D eigenvalue weighted by Gasteiger charge is 2.53. The molecule has 0 saturated heterocycles. The zero-order valence-corrected chi connectivity index (χ0v) is 39.0. The number of hydrogen-bond donors (Lipinski definition) is 4. The molecule has 0 saturated carbocycles. The maximum absolute atomic E-state index is 7.66. The van der Waals surface area contributed by atoms with Crippen LogP contribution >= 0.6 is 0 Å². The minimum atomic E-state index is -4.24. The van der Waals surface area contributed by atoms with Crippen LogP contribution in [0.2, 0.25) is 0 Å². The van der Waals surface area contributed by atoms with E-state index in [9.17, 15) is 0 Å². The van der Waals surface area contributed by atoms with Gasteiger partial charge < -0.3 is 30.1 Å². The lowest BCUT2D eigenvalue weighted by atomic mass is 10.1. The monoisotopic (exact) mass is 926 g/mol.